The van der Waals surface area contributed by atoms with Gasteiger partial charge in [-0.2, -0.15) is 0 Å². The van der Waals surface area contributed by atoms with E-state index in [4.69, 9.17) is 34.4 Å². The Hall–Kier alpha value is -13.0. The minimum absolute atomic E-state index is 0.0285. The van der Waals surface area contributed by atoms with Gasteiger partial charge in [0.1, 0.15) is 19.6 Å². The first kappa shape index (κ1) is 106. The zero-order valence-electron chi connectivity index (χ0n) is 78.9. The molecule has 4 atom stereocenters. The number of benzene rings is 6. The highest BCUT2D eigenvalue weighted by Gasteiger charge is 2.38. The van der Waals surface area contributed by atoms with Crippen LogP contribution < -0.4 is 39.7 Å². The molecule has 0 radical (unpaired) electrons. The lowest BCUT2D eigenvalue weighted by Gasteiger charge is -2.37. The summed E-state index contributed by atoms with van der Waals surface area (Å²) in [5, 5.41) is 5.14. The fraction of sp³-hybridized carbons (Fsp3) is 0.455. The number of fused-ring (bicyclic) bond motifs is 2. The molecule has 0 saturated carbocycles. The third-order valence-corrected chi connectivity index (χ3v) is 24.7. The summed E-state index contributed by atoms with van der Waals surface area (Å²) in [4.78, 5) is 211. The number of primary amides is 1. The van der Waals surface area contributed by atoms with Gasteiger partial charge in [-0.25, -0.2) is 4.98 Å². The van der Waals surface area contributed by atoms with Gasteiger partial charge in [-0.05, 0) is 190 Å². The number of unbranched alkanes of at least 4 members (excludes halogenated alkanes) is 5. The van der Waals surface area contributed by atoms with Gasteiger partial charge in [0.25, 0.3) is 0 Å². The van der Waals surface area contributed by atoms with Crippen molar-refractivity contribution in [2.45, 2.75) is 135 Å². The molecule has 0 saturated heterocycles. The zero-order chi connectivity index (χ0) is 97.0. The molecular weight excluding hydrogens is 1710 g/mol. The molecule has 6 aromatic carbocycles. The fourth-order valence-electron chi connectivity index (χ4n) is 16.5. The van der Waals surface area contributed by atoms with E-state index >= 15 is 38.4 Å². The normalized spacial score (nSPS) is 12.1. The Bertz CT molecular complexity index is 5200. The number of nitrogens with one attached hydrogen (secondary N) is 4. The minimum atomic E-state index is -0.853. The van der Waals surface area contributed by atoms with E-state index in [9.17, 15) is 19.2 Å². The van der Waals surface area contributed by atoms with Crippen LogP contribution in [0.2, 0.25) is 0 Å². The van der Waals surface area contributed by atoms with Crippen molar-refractivity contribution in [2.75, 3.05) is 164 Å². The zero-order valence-corrected chi connectivity index (χ0v) is 78.9. The first-order valence-corrected chi connectivity index (χ1v) is 47.2. The van der Waals surface area contributed by atoms with Gasteiger partial charge in [0, 0.05) is 92.6 Å². The van der Waals surface area contributed by atoms with Crippen LogP contribution in [0.4, 0.5) is 0 Å². The maximum Gasteiger partial charge on any atom is 0.243 e. The van der Waals surface area contributed by atoms with Crippen LogP contribution in [0.5, 0.6) is 0 Å². The molecule has 0 unspecified atom stereocenters. The molecule has 0 aliphatic rings. The smallest absolute Gasteiger partial charge is 0.243 e. The van der Waals surface area contributed by atoms with Gasteiger partial charge in [-0.1, -0.05) is 158 Å². The number of imidazole rings is 1. The second-order valence-electron chi connectivity index (χ2n) is 34.3. The summed E-state index contributed by atoms with van der Waals surface area (Å²) in [5.41, 5.74) is 42.5. The van der Waals surface area contributed by atoms with Gasteiger partial charge in [0.2, 0.25) is 70.9 Å². The van der Waals surface area contributed by atoms with Crippen LogP contribution in [-0.4, -0.2) is 308 Å². The Morgan fingerprint density at radius 3 is 0.904 bits per heavy atom. The van der Waals surface area contributed by atoms with Crippen LogP contribution >= 0.6 is 0 Å². The molecule has 726 valence electrons. The van der Waals surface area contributed by atoms with Crippen LogP contribution in [0, 0.1) is 0 Å². The number of para-hydroxylation sites is 2. The van der Waals surface area contributed by atoms with Crippen molar-refractivity contribution in [3.8, 4) is 0 Å². The highest BCUT2D eigenvalue weighted by Crippen LogP contribution is 2.29. The largest absolute Gasteiger partial charge is 0.368 e. The van der Waals surface area contributed by atoms with E-state index in [1.54, 1.807) is 101 Å². The molecule has 12 amide bonds. The summed E-state index contributed by atoms with van der Waals surface area (Å²) in [6, 6.07) is 48.6. The molecule has 9 rings (SSSR count). The summed E-state index contributed by atoms with van der Waals surface area (Å²) in [6.45, 7) is 3.40. The summed E-state index contributed by atoms with van der Waals surface area (Å²) in [6.07, 6.45) is 12.6. The van der Waals surface area contributed by atoms with Crippen LogP contribution in [0.15, 0.2) is 195 Å². The van der Waals surface area contributed by atoms with E-state index < -0.39 is 155 Å². The molecule has 3 aromatic heterocycles. The highest BCUT2D eigenvalue weighted by molar-refractivity contribution is 5.96. The van der Waals surface area contributed by atoms with E-state index in [0.29, 0.717) is 106 Å². The number of hydrogen-bond acceptors (Lipinski definition) is 19. The Kier molecular flexibility index (Phi) is 44.0. The number of aromatic nitrogens is 4. The molecular formula is C101H140N22O12. The van der Waals surface area contributed by atoms with Crippen molar-refractivity contribution >= 4 is 92.7 Å². The van der Waals surface area contributed by atoms with E-state index in [2.05, 4.69) is 25.3 Å². The van der Waals surface area contributed by atoms with Crippen LogP contribution in [0.25, 0.3) is 21.8 Å². The first-order chi connectivity index (χ1) is 65.3. The van der Waals surface area contributed by atoms with Crippen molar-refractivity contribution in [2.24, 2.45) is 34.4 Å². The van der Waals surface area contributed by atoms with Crippen LogP contribution in [0.3, 0.4) is 0 Å². The lowest BCUT2D eigenvalue weighted by Crippen LogP contribution is -2.53. The number of carbonyl (C=O) groups excluding carboxylic acids is 12. The molecule has 3 heterocycles. The van der Waals surface area contributed by atoms with Gasteiger partial charge >= 0.3 is 0 Å². The highest BCUT2D eigenvalue weighted by atomic mass is 16.2. The van der Waals surface area contributed by atoms with Crippen molar-refractivity contribution in [1.82, 2.24) is 79.2 Å². The van der Waals surface area contributed by atoms with Crippen molar-refractivity contribution in [3.63, 3.8) is 0 Å². The van der Waals surface area contributed by atoms with Crippen molar-refractivity contribution in [3.05, 3.63) is 234 Å². The number of nitrogens with zero attached hydrogens (tertiary/aromatic N) is 12. The van der Waals surface area contributed by atoms with Gasteiger partial charge in [0.15, 0.2) is 0 Å². The average molecular weight is 1850 g/mol. The summed E-state index contributed by atoms with van der Waals surface area (Å²) >= 11 is 0. The Morgan fingerprint density at radius 2 is 0.578 bits per heavy atom. The Morgan fingerprint density at radius 1 is 0.304 bits per heavy atom. The number of carbonyl (C=O) groups is 12. The molecule has 0 bridgehead atoms. The molecule has 0 fully saturated rings. The van der Waals surface area contributed by atoms with Crippen LogP contribution in [-0.2, 0) is 76.8 Å². The molecule has 16 N–H and O–H groups in total. The van der Waals surface area contributed by atoms with E-state index in [1.807, 2.05) is 116 Å². The molecule has 135 heavy (non-hydrogen) atoms. The predicted molar refractivity (Wildman–Crippen MR) is 522 cm³/mol. The molecule has 0 aliphatic heterocycles. The minimum Gasteiger partial charge on any atom is -0.368 e. The summed E-state index contributed by atoms with van der Waals surface area (Å²) < 4.78 is 0. The topological polar surface area (TPSA) is 469 Å². The first-order valence-electron chi connectivity index (χ1n) is 47.2. The fourth-order valence-corrected chi connectivity index (χ4v) is 16.5. The predicted octanol–water partition coefficient (Wildman–Crippen LogP) is 6.33. The monoisotopic (exact) mass is 1850 g/mol. The maximum absolute atomic E-state index is 16.1. The molecule has 34 nitrogen and oxygen atoms in total. The third-order valence-electron chi connectivity index (χ3n) is 24.7. The number of aromatic amines is 3. The van der Waals surface area contributed by atoms with Crippen molar-refractivity contribution in [1.29, 1.82) is 0 Å². The van der Waals surface area contributed by atoms with Gasteiger partial charge in [0.05, 0.1) is 95.1 Å². The number of amides is 12. The van der Waals surface area contributed by atoms with Gasteiger partial charge in [-0.15, -0.1) is 0 Å². The quantitative estimate of drug-likeness (QED) is 0.0186. The maximum atomic E-state index is 16.1. The van der Waals surface area contributed by atoms with E-state index in [0.717, 1.165) is 51.3 Å². The van der Waals surface area contributed by atoms with Gasteiger partial charge < -0.3 is 109 Å². The second kappa shape index (κ2) is 56.3. The Labute approximate surface area is 792 Å². The van der Waals surface area contributed by atoms with Crippen LogP contribution in [0.1, 0.15) is 155 Å². The van der Waals surface area contributed by atoms with Crippen molar-refractivity contribution < 1.29 is 57.5 Å². The SMILES string of the molecule is C[C@@H](c1ccccc1)N(CC(N)=O)C(=O)CN(CCCCN)C(=O)CN(CCCCN)C(=O)CN(CCc1c[nH]cn1)C(=O)CN(C(=O)CN(CCCCN)C(=O)CN(C(=O)CN(C(=O)CN(CCCCN)C(=O)CN(CCc1c[nH]c2ccccc12)C(=O)CN(CCc1c[nH]c2ccccc12)C(=O)CNCCCCN)[C@@H](C)c1ccccc1)[C@@H](C)c1ccccc1)[C@@H](C)c1ccccc1. The standard InChI is InChI=1S/C101H140N22O12/c1-75(79-31-9-5-10-32-79)120(63-90(107)124)98(132)68-114(53-28-23-48-104)92(126)64-113(52-27-22-47-103)93(127)67-119(58-45-85-61-109-74-112-85)97(131)72-121(76(2)80-33-11-6-12-34-80)99(133)70-116(55-30-25-50-106)96(130)71-122(77(3)81-35-13-7-14-36-81)101(135)73-123(78(4)82-37-15-8-16-38-82)100(134)69-115(54-29-24-49-105)94(128)66-118(57-44-84-60-111-89-42-20-18-40-87(84)89)95(129)65-117(91(125)62-108-51-26-21-46-102)56-43-83-59-110-88-41-19-17-39-86(83)88/h5-20,31-42,59-61,74-78,108,110-111H,21-30,43-58,62-73,102-106H2,1-4H3,(H2,107,124)(H,109,112)/t75-,76-,77-,78-/m0/s1. The lowest BCUT2D eigenvalue weighted by molar-refractivity contribution is -0.151. The number of hydrogen-bond donors (Lipinski definition) is 10. The average Bonchev–Trinajstić information content (AvgIpc) is 1.80. The number of nitrogens with two attached hydrogens (primary N) is 6. The Balaban J connectivity index is 0.998. The number of H-pyrrole nitrogens is 3. The van der Waals surface area contributed by atoms with E-state index in [1.165, 1.54) is 60.2 Å². The summed E-state index contributed by atoms with van der Waals surface area (Å²) in [7, 11) is 0. The molecule has 9 aromatic rings. The molecule has 34 heteroatoms. The summed E-state index contributed by atoms with van der Waals surface area (Å²) in [5.74, 6) is -7.25. The third kappa shape index (κ3) is 33.0. The number of rotatable bonds is 61. The molecule has 0 spiro atoms. The van der Waals surface area contributed by atoms with E-state index in [-0.39, 0.29) is 90.9 Å². The molecule has 0 aliphatic carbocycles. The second-order valence-corrected chi connectivity index (χ2v) is 34.3. The van der Waals surface area contributed by atoms with Gasteiger partial charge in [-0.3, -0.25) is 57.5 Å². The lowest BCUT2D eigenvalue weighted by atomic mass is 10.1.